The minimum absolute atomic E-state index is 0.0344. The summed E-state index contributed by atoms with van der Waals surface area (Å²) >= 11 is 0. The molecule has 0 spiro atoms. The van der Waals surface area contributed by atoms with Crippen molar-refractivity contribution in [1.29, 1.82) is 0 Å². The van der Waals surface area contributed by atoms with Gasteiger partial charge in [0.1, 0.15) is 18.3 Å². The molecule has 3 aromatic rings. The van der Waals surface area contributed by atoms with Gasteiger partial charge >= 0.3 is 0 Å². The zero-order valence-electron chi connectivity index (χ0n) is 13.4. The van der Waals surface area contributed by atoms with Gasteiger partial charge in [0, 0.05) is 32.4 Å². The van der Waals surface area contributed by atoms with Gasteiger partial charge in [0.15, 0.2) is 11.6 Å². The first-order valence-corrected chi connectivity index (χ1v) is 7.95. The topological polar surface area (TPSA) is 92.9 Å². The number of amides is 1. The standard InChI is InChI=1S/C16H16N8O/c25-16(13-3-1-2-6-18-13)23-9-7-22(8-10-23)14-4-5-15(21-20-14)24-12-17-11-19-24/h1-6,11-12H,7-10H2. The number of piperazine rings is 1. The van der Waals surface area contributed by atoms with Gasteiger partial charge in [0.05, 0.1) is 0 Å². The third-order valence-electron chi connectivity index (χ3n) is 4.06. The van der Waals surface area contributed by atoms with E-state index in [-0.39, 0.29) is 5.91 Å². The van der Waals surface area contributed by atoms with Crippen LogP contribution in [0.3, 0.4) is 0 Å². The van der Waals surface area contributed by atoms with Gasteiger partial charge in [-0.15, -0.1) is 10.2 Å². The van der Waals surface area contributed by atoms with Crippen LogP contribution in [-0.2, 0) is 0 Å². The van der Waals surface area contributed by atoms with Crippen molar-refractivity contribution in [2.75, 3.05) is 31.1 Å². The average Bonchev–Trinajstić information content (AvgIpc) is 3.23. The molecule has 1 saturated heterocycles. The molecule has 1 amide bonds. The summed E-state index contributed by atoms with van der Waals surface area (Å²) in [5.74, 6) is 1.37. The first-order valence-electron chi connectivity index (χ1n) is 7.95. The molecule has 4 heterocycles. The van der Waals surface area contributed by atoms with Gasteiger partial charge < -0.3 is 9.80 Å². The van der Waals surface area contributed by atoms with E-state index in [1.807, 2.05) is 23.1 Å². The summed E-state index contributed by atoms with van der Waals surface area (Å²) in [4.78, 5) is 24.4. The number of carbonyl (C=O) groups excluding carboxylic acids is 1. The smallest absolute Gasteiger partial charge is 0.272 e. The van der Waals surface area contributed by atoms with Crippen LogP contribution in [0.25, 0.3) is 5.82 Å². The maximum Gasteiger partial charge on any atom is 0.272 e. The largest absolute Gasteiger partial charge is 0.352 e. The van der Waals surface area contributed by atoms with Crippen LogP contribution in [0.4, 0.5) is 5.82 Å². The summed E-state index contributed by atoms with van der Waals surface area (Å²) in [5, 5.41) is 12.5. The molecule has 25 heavy (non-hydrogen) atoms. The molecule has 1 fully saturated rings. The molecule has 9 nitrogen and oxygen atoms in total. The minimum Gasteiger partial charge on any atom is -0.352 e. The van der Waals surface area contributed by atoms with Crippen LogP contribution in [0.5, 0.6) is 0 Å². The van der Waals surface area contributed by atoms with Crippen LogP contribution in [0.2, 0.25) is 0 Å². The Morgan fingerprint density at radius 2 is 1.76 bits per heavy atom. The predicted molar refractivity (Wildman–Crippen MR) is 89.3 cm³/mol. The zero-order chi connectivity index (χ0) is 17.1. The van der Waals surface area contributed by atoms with Crippen molar-refractivity contribution in [2.45, 2.75) is 0 Å². The summed E-state index contributed by atoms with van der Waals surface area (Å²) in [6.45, 7) is 2.66. The highest BCUT2D eigenvalue weighted by Crippen LogP contribution is 2.15. The fourth-order valence-corrected chi connectivity index (χ4v) is 2.73. The lowest BCUT2D eigenvalue weighted by Gasteiger charge is -2.35. The van der Waals surface area contributed by atoms with Gasteiger partial charge in [0.2, 0.25) is 0 Å². The number of rotatable bonds is 3. The van der Waals surface area contributed by atoms with Crippen molar-refractivity contribution in [3.63, 3.8) is 0 Å². The normalized spacial score (nSPS) is 14.6. The van der Waals surface area contributed by atoms with E-state index >= 15 is 0 Å². The molecule has 1 aliphatic rings. The zero-order valence-corrected chi connectivity index (χ0v) is 13.4. The van der Waals surface area contributed by atoms with E-state index in [1.165, 1.54) is 6.33 Å². The van der Waals surface area contributed by atoms with Gasteiger partial charge in [-0.1, -0.05) is 6.07 Å². The number of hydrogen-bond acceptors (Lipinski definition) is 7. The average molecular weight is 336 g/mol. The summed E-state index contributed by atoms with van der Waals surface area (Å²) in [7, 11) is 0. The fourth-order valence-electron chi connectivity index (χ4n) is 2.73. The second-order valence-electron chi connectivity index (χ2n) is 5.58. The molecular formula is C16H16N8O. The molecule has 0 radical (unpaired) electrons. The second kappa shape index (κ2) is 6.63. The molecule has 4 rings (SSSR count). The third-order valence-corrected chi connectivity index (χ3v) is 4.06. The van der Waals surface area contributed by atoms with Gasteiger partial charge in [-0.05, 0) is 24.3 Å². The Kier molecular flexibility index (Phi) is 4.03. The van der Waals surface area contributed by atoms with Crippen LogP contribution in [0.15, 0.2) is 49.2 Å². The lowest BCUT2D eigenvalue weighted by atomic mass is 10.2. The van der Waals surface area contributed by atoms with E-state index in [0.29, 0.717) is 37.7 Å². The van der Waals surface area contributed by atoms with Crippen LogP contribution in [0, 0.1) is 0 Å². The molecule has 0 saturated carbocycles. The van der Waals surface area contributed by atoms with E-state index in [9.17, 15) is 4.79 Å². The maximum atomic E-state index is 12.4. The molecule has 0 bridgehead atoms. The molecule has 0 aromatic carbocycles. The van der Waals surface area contributed by atoms with Gasteiger partial charge in [-0.25, -0.2) is 9.67 Å². The van der Waals surface area contributed by atoms with Crippen molar-refractivity contribution in [3.05, 3.63) is 54.9 Å². The molecule has 0 atom stereocenters. The van der Waals surface area contributed by atoms with E-state index in [2.05, 4.69) is 30.2 Å². The van der Waals surface area contributed by atoms with E-state index in [1.54, 1.807) is 29.3 Å². The number of carbonyl (C=O) groups is 1. The monoisotopic (exact) mass is 336 g/mol. The van der Waals surface area contributed by atoms with Crippen molar-refractivity contribution >= 4 is 11.7 Å². The Bertz CT molecular complexity index is 826. The molecule has 0 N–H and O–H groups in total. The van der Waals surface area contributed by atoms with Crippen molar-refractivity contribution in [3.8, 4) is 5.82 Å². The fraction of sp³-hybridized carbons (Fsp3) is 0.250. The lowest BCUT2D eigenvalue weighted by Crippen LogP contribution is -2.49. The third kappa shape index (κ3) is 3.16. The van der Waals surface area contributed by atoms with Crippen LogP contribution < -0.4 is 4.90 Å². The van der Waals surface area contributed by atoms with Gasteiger partial charge in [0.25, 0.3) is 5.91 Å². The first-order chi connectivity index (χ1) is 12.3. The van der Waals surface area contributed by atoms with E-state index in [4.69, 9.17) is 0 Å². The first kappa shape index (κ1) is 15.2. The number of hydrogen-bond donors (Lipinski definition) is 0. The molecular weight excluding hydrogens is 320 g/mol. The van der Waals surface area contributed by atoms with Crippen molar-refractivity contribution in [2.24, 2.45) is 0 Å². The van der Waals surface area contributed by atoms with E-state index in [0.717, 1.165) is 5.82 Å². The Hall–Kier alpha value is -3.36. The van der Waals surface area contributed by atoms with Crippen LogP contribution >= 0.6 is 0 Å². The van der Waals surface area contributed by atoms with Crippen molar-refractivity contribution < 1.29 is 4.79 Å². The lowest BCUT2D eigenvalue weighted by molar-refractivity contribution is 0.0740. The molecule has 0 aliphatic carbocycles. The highest BCUT2D eigenvalue weighted by Gasteiger charge is 2.23. The molecule has 9 heteroatoms. The Labute approximate surface area is 143 Å². The quantitative estimate of drug-likeness (QED) is 0.684. The minimum atomic E-state index is -0.0344. The van der Waals surface area contributed by atoms with Crippen LogP contribution in [0.1, 0.15) is 10.5 Å². The molecule has 3 aromatic heterocycles. The van der Waals surface area contributed by atoms with Gasteiger partial charge in [-0.3, -0.25) is 9.78 Å². The number of pyridine rings is 1. The molecule has 0 unspecified atom stereocenters. The SMILES string of the molecule is O=C(c1ccccn1)N1CCN(c2ccc(-n3cncn3)nn2)CC1. The summed E-state index contributed by atoms with van der Waals surface area (Å²) in [6, 6.07) is 9.12. The Morgan fingerprint density at radius 1 is 0.960 bits per heavy atom. The van der Waals surface area contributed by atoms with Crippen LogP contribution in [-0.4, -0.2) is 66.9 Å². The highest BCUT2D eigenvalue weighted by molar-refractivity contribution is 5.92. The summed E-state index contributed by atoms with van der Waals surface area (Å²) < 4.78 is 1.56. The number of nitrogens with zero attached hydrogens (tertiary/aromatic N) is 8. The van der Waals surface area contributed by atoms with Crippen molar-refractivity contribution in [1.82, 2.24) is 34.8 Å². The number of aromatic nitrogens is 6. The maximum absolute atomic E-state index is 12.4. The summed E-state index contributed by atoms with van der Waals surface area (Å²) in [6.07, 6.45) is 4.66. The molecule has 126 valence electrons. The highest BCUT2D eigenvalue weighted by atomic mass is 16.2. The Morgan fingerprint density at radius 3 is 2.40 bits per heavy atom. The molecule has 1 aliphatic heterocycles. The van der Waals surface area contributed by atoms with Gasteiger partial charge in [-0.2, -0.15) is 5.10 Å². The summed E-state index contributed by atoms with van der Waals surface area (Å²) in [5.41, 5.74) is 0.480. The van der Waals surface area contributed by atoms with E-state index < -0.39 is 0 Å². The second-order valence-corrected chi connectivity index (χ2v) is 5.58. The predicted octanol–water partition coefficient (Wildman–Crippen LogP) is 0.415. The number of anilines is 1. The Balaban J connectivity index is 1.39.